The van der Waals surface area contributed by atoms with Crippen molar-refractivity contribution in [3.63, 3.8) is 0 Å². The molecule has 0 bridgehead atoms. The van der Waals surface area contributed by atoms with Crippen LogP contribution in [0.3, 0.4) is 0 Å². The highest BCUT2D eigenvalue weighted by atomic mass is 127. The van der Waals surface area contributed by atoms with Crippen molar-refractivity contribution < 1.29 is 38.9 Å². The van der Waals surface area contributed by atoms with Gasteiger partial charge in [-0.05, 0) is 92.8 Å². The molecule has 4 atom stereocenters. The molecule has 1 aliphatic rings. The number of phenols is 1. The first kappa shape index (κ1) is 40.6. The fraction of sp³-hybridized carbons (Fsp3) is 0.485. The van der Waals surface area contributed by atoms with Gasteiger partial charge >= 0.3 is 12.0 Å². The van der Waals surface area contributed by atoms with E-state index < -0.39 is 59.8 Å². The van der Waals surface area contributed by atoms with Crippen molar-refractivity contribution >= 4 is 86.7 Å². The number of amides is 5. The molecule has 5 amide bonds. The molecule has 1 fully saturated rings. The van der Waals surface area contributed by atoms with E-state index in [1.54, 1.807) is 55.1 Å². The molecule has 3 rings (SSSR count). The van der Waals surface area contributed by atoms with Gasteiger partial charge in [0, 0.05) is 25.9 Å². The summed E-state index contributed by atoms with van der Waals surface area (Å²) in [6.45, 7) is 4.96. The maximum absolute atomic E-state index is 13.9. The molecule has 1 aliphatic heterocycles. The van der Waals surface area contributed by atoms with Gasteiger partial charge < -0.3 is 41.1 Å². The van der Waals surface area contributed by atoms with Gasteiger partial charge in [-0.15, -0.1) is 0 Å². The number of benzene rings is 2. The SMILES string of the molecule is CSCC[C@H](NC(=O)[C@@H](NC(=O)[C@H](Cc1cc(I)c(O)c(I)c1)NC(=O)N1CCOCC1)C(C)C)C(=O)N[C@@H](Cc1ccccc1)C(=O)O. The molecule has 0 unspecified atom stereocenters. The minimum Gasteiger partial charge on any atom is -0.506 e. The predicted molar refractivity (Wildman–Crippen MR) is 203 cm³/mol. The second-order valence-corrected chi connectivity index (χ2v) is 15.2. The topological polar surface area (TPSA) is 186 Å². The summed E-state index contributed by atoms with van der Waals surface area (Å²) < 4.78 is 6.51. The standard InChI is InChI=1S/C33H43I2N5O8S/c1-19(2)27(31(44)36-24(9-14-49-3)29(42)37-26(32(45)46)17-20-7-5-4-6-8-20)39-30(43)25(38-33(47)40-10-12-48-13-11-40)18-21-15-22(34)28(41)23(35)16-21/h4-8,15-16,19,24-27,41H,9-14,17-18H2,1-3H3,(H,36,44)(H,37,42)(H,38,47)(H,39,43)(H,45,46)/t24-,25-,26-,27-/m0/s1. The lowest BCUT2D eigenvalue weighted by Crippen LogP contribution is -2.60. The molecule has 0 spiro atoms. The van der Waals surface area contributed by atoms with E-state index in [9.17, 15) is 34.2 Å². The number of aliphatic carboxylic acids is 1. The second-order valence-electron chi connectivity index (χ2n) is 11.9. The van der Waals surface area contributed by atoms with Gasteiger partial charge in [0.1, 0.15) is 29.9 Å². The number of rotatable bonds is 16. The largest absolute Gasteiger partial charge is 0.506 e. The number of halogens is 2. The molecular weight excluding hydrogens is 880 g/mol. The molecule has 1 saturated heterocycles. The first-order valence-corrected chi connectivity index (χ1v) is 19.3. The molecule has 268 valence electrons. The zero-order chi connectivity index (χ0) is 36.1. The van der Waals surface area contributed by atoms with Crippen LogP contribution in [0, 0.1) is 13.1 Å². The Labute approximate surface area is 317 Å². The van der Waals surface area contributed by atoms with Gasteiger partial charge in [0.05, 0.1) is 20.4 Å². The number of carboxylic acid groups (broad SMARTS) is 1. The number of carbonyl (C=O) groups is 5. The van der Waals surface area contributed by atoms with Crippen molar-refractivity contribution in [3.05, 3.63) is 60.7 Å². The van der Waals surface area contributed by atoms with Crippen molar-refractivity contribution in [2.24, 2.45) is 5.92 Å². The van der Waals surface area contributed by atoms with Crippen LogP contribution in [-0.4, -0.2) is 107 Å². The molecule has 0 aromatic heterocycles. The average Bonchev–Trinajstić information content (AvgIpc) is 3.07. The lowest BCUT2D eigenvalue weighted by molar-refractivity contribution is -0.142. The van der Waals surface area contributed by atoms with E-state index in [0.29, 0.717) is 44.8 Å². The van der Waals surface area contributed by atoms with E-state index in [1.807, 2.05) is 57.5 Å². The highest BCUT2D eigenvalue weighted by Crippen LogP contribution is 2.28. The van der Waals surface area contributed by atoms with Crippen LogP contribution in [0.15, 0.2) is 42.5 Å². The number of thioether (sulfide) groups is 1. The zero-order valence-electron chi connectivity index (χ0n) is 27.5. The van der Waals surface area contributed by atoms with E-state index in [2.05, 4.69) is 21.3 Å². The first-order chi connectivity index (χ1) is 23.3. The minimum absolute atomic E-state index is 0.0620. The Morgan fingerprint density at radius 3 is 1.98 bits per heavy atom. The molecule has 0 saturated carbocycles. The van der Waals surface area contributed by atoms with Gasteiger partial charge in [-0.25, -0.2) is 9.59 Å². The van der Waals surface area contributed by atoms with Gasteiger partial charge in [-0.2, -0.15) is 11.8 Å². The summed E-state index contributed by atoms with van der Waals surface area (Å²) in [5.74, 6) is -2.86. The van der Waals surface area contributed by atoms with Crippen molar-refractivity contribution in [3.8, 4) is 5.75 Å². The van der Waals surface area contributed by atoms with Crippen LogP contribution in [-0.2, 0) is 36.8 Å². The van der Waals surface area contributed by atoms with E-state index in [-0.39, 0.29) is 25.0 Å². The fourth-order valence-electron chi connectivity index (χ4n) is 5.06. The van der Waals surface area contributed by atoms with Crippen molar-refractivity contribution in [1.29, 1.82) is 0 Å². The highest BCUT2D eigenvalue weighted by Gasteiger charge is 2.33. The molecule has 0 aliphatic carbocycles. The van der Waals surface area contributed by atoms with Crippen LogP contribution < -0.4 is 21.3 Å². The second kappa shape index (κ2) is 20.1. The number of hydrogen-bond donors (Lipinski definition) is 6. The zero-order valence-corrected chi connectivity index (χ0v) is 32.7. The maximum Gasteiger partial charge on any atom is 0.326 e. The smallest absolute Gasteiger partial charge is 0.326 e. The van der Waals surface area contributed by atoms with Gasteiger partial charge in [-0.3, -0.25) is 14.4 Å². The third kappa shape index (κ3) is 12.8. The minimum atomic E-state index is -1.22. The fourth-order valence-corrected chi connectivity index (χ4v) is 7.43. The molecule has 13 nitrogen and oxygen atoms in total. The predicted octanol–water partition coefficient (Wildman–Crippen LogP) is 2.75. The lowest BCUT2D eigenvalue weighted by Gasteiger charge is -2.30. The Morgan fingerprint density at radius 2 is 1.41 bits per heavy atom. The van der Waals surface area contributed by atoms with Crippen molar-refractivity contribution in [2.75, 3.05) is 38.3 Å². The number of nitrogens with one attached hydrogen (secondary N) is 4. The number of morpholine rings is 1. The van der Waals surface area contributed by atoms with Crippen molar-refractivity contribution in [2.45, 2.75) is 57.3 Å². The highest BCUT2D eigenvalue weighted by molar-refractivity contribution is 14.1. The Hall–Kier alpha value is -2.84. The summed E-state index contributed by atoms with van der Waals surface area (Å²) in [5.41, 5.74) is 1.42. The van der Waals surface area contributed by atoms with Crippen LogP contribution >= 0.6 is 56.9 Å². The van der Waals surface area contributed by atoms with Gasteiger partial charge in [-0.1, -0.05) is 44.2 Å². The third-order valence-electron chi connectivity index (χ3n) is 7.82. The third-order valence-corrected chi connectivity index (χ3v) is 10.1. The number of carboxylic acids is 1. The Kier molecular flexibility index (Phi) is 16.7. The van der Waals surface area contributed by atoms with Crippen LogP contribution in [0.4, 0.5) is 4.79 Å². The average molecular weight is 924 g/mol. The molecule has 0 radical (unpaired) electrons. The summed E-state index contributed by atoms with van der Waals surface area (Å²) >= 11 is 5.46. The number of aromatic hydroxyl groups is 1. The molecule has 6 N–H and O–H groups in total. The van der Waals surface area contributed by atoms with E-state index in [1.165, 1.54) is 11.8 Å². The van der Waals surface area contributed by atoms with E-state index in [0.717, 1.165) is 5.56 Å². The van der Waals surface area contributed by atoms with Gasteiger partial charge in [0.15, 0.2) is 0 Å². The van der Waals surface area contributed by atoms with Gasteiger partial charge in [0.25, 0.3) is 0 Å². The molecule has 49 heavy (non-hydrogen) atoms. The summed E-state index contributed by atoms with van der Waals surface area (Å²) in [5, 5.41) is 31.0. The normalized spacial score (nSPS) is 15.4. The van der Waals surface area contributed by atoms with Crippen LogP contribution in [0.1, 0.15) is 31.4 Å². The van der Waals surface area contributed by atoms with Crippen LogP contribution in [0.5, 0.6) is 5.75 Å². The maximum atomic E-state index is 13.9. The number of nitrogens with zero attached hydrogens (tertiary/aromatic N) is 1. The van der Waals surface area contributed by atoms with Crippen LogP contribution in [0.25, 0.3) is 0 Å². The molecule has 1 heterocycles. The molecular formula is C33H43I2N5O8S. The summed E-state index contributed by atoms with van der Waals surface area (Å²) in [7, 11) is 0. The molecule has 2 aromatic rings. The first-order valence-electron chi connectivity index (χ1n) is 15.8. The Morgan fingerprint density at radius 1 is 0.837 bits per heavy atom. The number of phenolic OH excluding ortho intramolecular Hbond substituents is 1. The number of ether oxygens (including phenoxy) is 1. The molecule has 2 aromatic carbocycles. The monoisotopic (exact) mass is 923 g/mol. The number of urea groups is 1. The quantitative estimate of drug-likeness (QED) is 0.138. The summed E-state index contributed by atoms with van der Waals surface area (Å²) in [6.07, 6.45) is 2.22. The summed E-state index contributed by atoms with van der Waals surface area (Å²) in [4.78, 5) is 67.8. The lowest BCUT2D eigenvalue weighted by atomic mass is 10.00. The van der Waals surface area contributed by atoms with E-state index >= 15 is 0 Å². The Balaban J connectivity index is 1.79. The number of carbonyl (C=O) groups excluding carboxylic acids is 4. The summed E-state index contributed by atoms with van der Waals surface area (Å²) in [6, 6.07) is 7.47. The van der Waals surface area contributed by atoms with Crippen LogP contribution in [0.2, 0.25) is 0 Å². The molecule has 16 heteroatoms. The Bertz CT molecular complexity index is 1440. The van der Waals surface area contributed by atoms with E-state index in [4.69, 9.17) is 4.74 Å². The van der Waals surface area contributed by atoms with Crippen molar-refractivity contribution in [1.82, 2.24) is 26.2 Å². The van der Waals surface area contributed by atoms with Gasteiger partial charge in [0.2, 0.25) is 17.7 Å². The number of hydrogen-bond acceptors (Lipinski definition) is 8.